The van der Waals surface area contributed by atoms with Crippen molar-refractivity contribution in [3.05, 3.63) is 224 Å². The van der Waals surface area contributed by atoms with Crippen molar-refractivity contribution >= 4 is 10.8 Å². The molecule has 7 aromatic carbocycles. The molecule has 1 saturated carbocycles. The zero-order valence-electron chi connectivity index (χ0n) is 66.1. The summed E-state index contributed by atoms with van der Waals surface area (Å²) in [4.78, 5) is 0. The van der Waals surface area contributed by atoms with E-state index in [2.05, 4.69) is 306 Å². The lowest BCUT2D eigenvalue weighted by molar-refractivity contribution is 0.0581. The van der Waals surface area contributed by atoms with E-state index in [0.717, 1.165) is 12.3 Å². The monoisotopic (exact) mass is 1240 g/mol. The summed E-state index contributed by atoms with van der Waals surface area (Å²) in [6.45, 7) is 70.9. The van der Waals surface area contributed by atoms with E-state index >= 15 is 0 Å². The Morgan fingerprint density at radius 3 is 1.02 bits per heavy atom. The second kappa shape index (κ2) is 49.4. The number of hydrogen-bond acceptors (Lipinski definition) is 0. The van der Waals surface area contributed by atoms with Crippen molar-refractivity contribution in [1.82, 2.24) is 0 Å². The van der Waals surface area contributed by atoms with Gasteiger partial charge in [0.2, 0.25) is 0 Å². The molecule has 8 rings (SSSR count). The molecule has 1 aliphatic carbocycles. The summed E-state index contributed by atoms with van der Waals surface area (Å²) in [5.74, 6) is 2.78. The first-order chi connectivity index (χ1) is 42.9. The van der Waals surface area contributed by atoms with Crippen LogP contribution < -0.4 is 0 Å². The van der Waals surface area contributed by atoms with Gasteiger partial charge in [0.05, 0.1) is 0 Å². The third-order valence-electron chi connectivity index (χ3n) is 16.8. The Morgan fingerprint density at radius 1 is 0.418 bits per heavy atom. The van der Waals surface area contributed by atoms with Crippen LogP contribution in [0.4, 0.5) is 0 Å². The van der Waals surface area contributed by atoms with Crippen LogP contribution in [0.1, 0.15) is 336 Å². The summed E-state index contributed by atoms with van der Waals surface area (Å²) in [6.07, 6.45) is 15.1. The Kier molecular flexibility index (Phi) is 48.8. The van der Waals surface area contributed by atoms with E-state index in [0.29, 0.717) is 28.6 Å². The van der Waals surface area contributed by atoms with Crippen molar-refractivity contribution in [2.75, 3.05) is 0 Å². The minimum absolute atomic E-state index is 0.260. The highest BCUT2D eigenvalue weighted by atomic mass is 14.4. The van der Waals surface area contributed by atoms with Crippen LogP contribution in [-0.4, -0.2) is 0 Å². The maximum Gasteiger partial charge on any atom is -0.00258 e. The topological polar surface area (TPSA) is 0 Å². The SMILES string of the molecule is CC.CC.CC.CC.CC(C)(C)c1ccc(C(C)(C)C)cc1.CCC1(C)CC(C)CC(C)(C)C1.CCCCCCCC.Cc1c(C(C)C)cc(C(C)C)c(C)c1C(C)C.Cc1cccc2c(C)cccc12.Cc1ccccc1.c1ccc(Cc2ccccc2)cc1. The van der Waals surface area contributed by atoms with Crippen LogP contribution in [0, 0.1) is 51.4 Å². The lowest BCUT2D eigenvalue weighted by Crippen LogP contribution is -2.34. The van der Waals surface area contributed by atoms with Crippen molar-refractivity contribution in [2.24, 2.45) is 16.7 Å². The molecule has 7 aromatic rings. The second-order valence-electron chi connectivity index (χ2n) is 28.7. The van der Waals surface area contributed by atoms with Crippen LogP contribution in [0.3, 0.4) is 0 Å². The molecule has 91 heavy (non-hydrogen) atoms. The minimum Gasteiger partial charge on any atom is -0.0683 e. The summed E-state index contributed by atoms with van der Waals surface area (Å²) in [5.41, 5.74) is 19.0. The highest BCUT2D eigenvalue weighted by Gasteiger charge is 2.38. The number of rotatable bonds is 11. The Bertz CT molecular complexity index is 2660. The number of unbranched alkanes of at least 4 members (excludes halogenated alkanes) is 5. The molecule has 2 atom stereocenters. The van der Waals surface area contributed by atoms with Crippen LogP contribution in [0.2, 0.25) is 0 Å². The molecule has 0 aromatic heterocycles. The molecule has 0 amide bonds. The summed E-state index contributed by atoms with van der Waals surface area (Å²) in [5, 5.41) is 2.75. The lowest BCUT2D eigenvalue weighted by atomic mass is 9.60. The highest BCUT2D eigenvalue weighted by Crippen LogP contribution is 2.50. The maximum absolute atomic E-state index is 2.46. The van der Waals surface area contributed by atoms with Crippen LogP contribution in [0.25, 0.3) is 10.8 Å². The molecule has 512 valence electrons. The average molecular weight is 1240 g/mol. The van der Waals surface area contributed by atoms with E-state index in [1.54, 1.807) is 5.56 Å². The Morgan fingerprint density at radius 2 is 0.758 bits per heavy atom. The van der Waals surface area contributed by atoms with Crippen LogP contribution in [-0.2, 0) is 17.3 Å². The van der Waals surface area contributed by atoms with Gasteiger partial charge in [-0.15, -0.1) is 0 Å². The summed E-state index contributed by atoms with van der Waals surface area (Å²) in [6, 6.07) is 55.7. The molecule has 0 spiro atoms. The third kappa shape index (κ3) is 37.3. The predicted octanol–water partition coefficient (Wildman–Crippen LogP) is 30.4. The van der Waals surface area contributed by atoms with Crippen molar-refractivity contribution < 1.29 is 0 Å². The fourth-order valence-corrected chi connectivity index (χ4v) is 12.4. The Labute approximate surface area is 569 Å². The molecular formula is C91H148. The molecule has 0 heteroatoms. The number of fused-ring (bicyclic) bond motifs is 1. The molecule has 0 saturated heterocycles. The molecule has 1 aliphatic rings. The van der Waals surface area contributed by atoms with E-state index in [9.17, 15) is 0 Å². The van der Waals surface area contributed by atoms with Gasteiger partial charge < -0.3 is 0 Å². The van der Waals surface area contributed by atoms with Gasteiger partial charge in [-0.3, -0.25) is 0 Å². The van der Waals surface area contributed by atoms with E-state index in [4.69, 9.17) is 0 Å². The fraction of sp³-hybridized carbons (Fsp3) is 0.560. The number of hydrogen-bond donors (Lipinski definition) is 0. The average Bonchev–Trinajstić information content (AvgIpc) is 1.85. The highest BCUT2D eigenvalue weighted by molar-refractivity contribution is 5.88. The molecule has 0 nitrogen and oxygen atoms in total. The van der Waals surface area contributed by atoms with Gasteiger partial charge in [-0.2, -0.15) is 0 Å². The van der Waals surface area contributed by atoms with Crippen molar-refractivity contribution in [3.63, 3.8) is 0 Å². The molecule has 2 unspecified atom stereocenters. The first kappa shape index (κ1) is 90.0. The smallest absolute Gasteiger partial charge is 0.00258 e. The van der Waals surface area contributed by atoms with Crippen molar-refractivity contribution in [1.29, 1.82) is 0 Å². The number of aryl methyl sites for hydroxylation is 3. The zero-order valence-corrected chi connectivity index (χ0v) is 66.1. The first-order valence-corrected chi connectivity index (χ1v) is 36.7. The predicted molar refractivity (Wildman–Crippen MR) is 422 cm³/mol. The first-order valence-electron chi connectivity index (χ1n) is 36.7. The van der Waals surface area contributed by atoms with Gasteiger partial charge in [0.25, 0.3) is 0 Å². The van der Waals surface area contributed by atoms with Gasteiger partial charge in [0, 0.05) is 0 Å². The fourth-order valence-electron chi connectivity index (χ4n) is 12.4. The minimum atomic E-state index is 0.260. The van der Waals surface area contributed by atoms with Gasteiger partial charge in [-0.05, 0) is 178 Å². The Hall–Kier alpha value is -5.20. The van der Waals surface area contributed by atoms with Gasteiger partial charge in [0.15, 0.2) is 0 Å². The molecule has 0 N–H and O–H groups in total. The van der Waals surface area contributed by atoms with E-state index in [1.165, 1.54) is 136 Å². The Balaban J connectivity index is -0.000000986. The summed E-state index contributed by atoms with van der Waals surface area (Å²) >= 11 is 0. The van der Waals surface area contributed by atoms with Crippen LogP contribution in [0.15, 0.2) is 158 Å². The molecule has 0 heterocycles. The van der Waals surface area contributed by atoms with Gasteiger partial charge in [0.1, 0.15) is 0 Å². The van der Waals surface area contributed by atoms with E-state index in [-0.39, 0.29) is 10.8 Å². The molecule has 0 bridgehead atoms. The molecule has 0 aliphatic heterocycles. The van der Waals surface area contributed by atoms with Crippen molar-refractivity contribution in [2.45, 2.75) is 321 Å². The quantitative estimate of drug-likeness (QED) is 0.113. The van der Waals surface area contributed by atoms with Gasteiger partial charge in [-0.25, -0.2) is 0 Å². The van der Waals surface area contributed by atoms with Crippen LogP contribution >= 0.6 is 0 Å². The van der Waals surface area contributed by atoms with E-state index in [1.807, 2.05) is 73.6 Å². The maximum atomic E-state index is 2.46. The summed E-state index contributed by atoms with van der Waals surface area (Å²) in [7, 11) is 0. The van der Waals surface area contributed by atoms with E-state index < -0.39 is 0 Å². The van der Waals surface area contributed by atoms with Crippen LogP contribution in [0.5, 0.6) is 0 Å². The molecular weight excluding hydrogens is 1090 g/mol. The summed E-state index contributed by atoms with van der Waals surface area (Å²) < 4.78 is 0. The largest absolute Gasteiger partial charge is 0.0683 e. The lowest BCUT2D eigenvalue weighted by Gasteiger charge is -2.45. The number of benzene rings is 7. The van der Waals surface area contributed by atoms with Crippen molar-refractivity contribution in [3.8, 4) is 0 Å². The third-order valence-corrected chi connectivity index (χ3v) is 16.8. The normalized spacial score (nSPS) is 14.3. The molecule has 0 radical (unpaired) electrons. The van der Waals surface area contributed by atoms with Gasteiger partial charge >= 0.3 is 0 Å². The standard InChI is InChI=1S/C17H28.C14H22.C13H12.C12H12.C12H24.C8H18.C7H8.4C2H6/c1-10(2)15-9-16(11(3)4)14(8)17(12(5)6)13(15)7;1-13(2,3)11-7-9-12(10-8-11)14(4,5)6;1-3-7-12(8-4-1)11-13-9-5-2-6-10-13;1-9-5-3-8-12-10(2)6-4-7-11(9)12;1-6-12(5)8-10(2)7-11(3,4)9-12;1-3-5-7-8-6-4-2;1-7-5-3-2-4-6-7;4*1-2/h9-12H,1-8H3;7-10H,1-6H3;1-10H,11H2;3-8H,1-2H3;10H,6-9H2,1-5H3;3-8H2,1-2H3;2-6H,1H3;4*1-2H3. The zero-order chi connectivity index (χ0) is 70.6. The van der Waals surface area contributed by atoms with Gasteiger partial charge in [-0.1, -0.05) is 395 Å². The second-order valence-corrected chi connectivity index (χ2v) is 28.7. The molecule has 1 fully saturated rings.